The molecule has 3 N–H and O–H groups in total. The number of aromatic carboxylic acids is 1. The van der Waals surface area contributed by atoms with Gasteiger partial charge in [0.1, 0.15) is 0 Å². The SMILES string of the molecule is NC(=O)c1ccc(-n2cc(C(=O)O)nn2)cc1. The van der Waals surface area contributed by atoms with E-state index in [1.54, 1.807) is 12.1 Å². The second-order valence-corrected chi connectivity index (χ2v) is 3.26. The lowest BCUT2D eigenvalue weighted by molar-refractivity contribution is 0.0690. The van der Waals surface area contributed by atoms with Gasteiger partial charge in [-0.2, -0.15) is 0 Å². The number of carboxylic acids is 1. The molecule has 0 atom stereocenters. The van der Waals surface area contributed by atoms with Crippen LogP contribution in [0.3, 0.4) is 0 Å². The third-order valence-corrected chi connectivity index (χ3v) is 2.13. The smallest absolute Gasteiger partial charge is 0.358 e. The number of nitrogens with two attached hydrogens (primary N) is 1. The van der Waals surface area contributed by atoms with Crippen LogP contribution in [0.5, 0.6) is 0 Å². The lowest BCUT2D eigenvalue weighted by Gasteiger charge is -2.00. The van der Waals surface area contributed by atoms with Crippen LogP contribution in [0.25, 0.3) is 5.69 Å². The minimum atomic E-state index is -1.15. The van der Waals surface area contributed by atoms with E-state index in [-0.39, 0.29) is 5.69 Å². The van der Waals surface area contributed by atoms with Gasteiger partial charge in [-0.3, -0.25) is 4.79 Å². The molecule has 17 heavy (non-hydrogen) atoms. The van der Waals surface area contributed by atoms with Gasteiger partial charge in [0, 0.05) is 5.56 Å². The number of nitrogens with zero attached hydrogens (tertiary/aromatic N) is 3. The molecule has 0 aliphatic heterocycles. The zero-order chi connectivity index (χ0) is 12.4. The lowest BCUT2D eigenvalue weighted by atomic mass is 10.2. The molecule has 0 aliphatic rings. The average molecular weight is 232 g/mol. The van der Waals surface area contributed by atoms with Gasteiger partial charge in [0.15, 0.2) is 5.69 Å². The zero-order valence-electron chi connectivity index (χ0n) is 8.57. The maximum absolute atomic E-state index is 10.9. The topological polar surface area (TPSA) is 111 Å². The first kappa shape index (κ1) is 10.8. The molecule has 2 aromatic rings. The van der Waals surface area contributed by atoms with Gasteiger partial charge in [-0.05, 0) is 24.3 Å². The molecular formula is C10H8N4O3. The van der Waals surface area contributed by atoms with E-state index < -0.39 is 11.9 Å². The van der Waals surface area contributed by atoms with Crippen molar-refractivity contribution in [1.82, 2.24) is 15.0 Å². The summed E-state index contributed by atoms with van der Waals surface area (Å²) in [5.41, 5.74) is 5.91. The minimum absolute atomic E-state index is 0.149. The van der Waals surface area contributed by atoms with Crippen LogP contribution in [0.1, 0.15) is 20.8 Å². The highest BCUT2D eigenvalue weighted by Gasteiger charge is 2.09. The molecule has 1 aromatic carbocycles. The van der Waals surface area contributed by atoms with Gasteiger partial charge >= 0.3 is 5.97 Å². The van der Waals surface area contributed by atoms with Gasteiger partial charge in [-0.15, -0.1) is 5.10 Å². The van der Waals surface area contributed by atoms with Crippen LogP contribution in [-0.4, -0.2) is 32.0 Å². The van der Waals surface area contributed by atoms with Crippen LogP contribution in [0.2, 0.25) is 0 Å². The maximum atomic E-state index is 10.9. The first-order valence-corrected chi connectivity index (χ1v) is 4.64. The van der Waals surface area contributed by atoms with E-state index in [0.29, 0.717) is 11.3 Å². The van der Waals surface area contributed by atoms with Gasteiger partial charge in [0.2, 0.25) is 5.91 Å². The Morgan fingerprint density at radius 3 is 2.35 bits per heavy atom. The Labute approximate surface area is 95.5 Å². The van der Waals surface area contributed by atoms with Crippen molar-refractivity contribution in [1.29, 1.82) is 0 Å². The summed E-state index contributed by atoms with van der Waals surface area (Å²) in [4.78, 5) is 21.5. The fourth-order valence-corrected chi connectivity index (χ4v) is 1.27. The summed E-state index contributed by atoms with van der Waals surface area (Å²) in [6, 6.07) is 6.25. The Balaban J connectivity index is 2.33. The lowest BCUT2D eigenvalue weighted by Crippen LogP contribution is -2.10. The third-order valence-electron chi connectivity index (χ3n) is 2.13. The highest BCUT2D eigenvalue weighted by atomic mass is 16.4. The molecule has 1 heterocycles. The average Bonchev–Trinajstić information content (AvgIpc) is 2.78. The predicted molar refractivity (Wildman–Crippen MR) is 56.8 cm³/mol. The summed E-state index contributed by atoms with van der Waals surface area (Å²) in [6.45, 7) is 0. The van der Waals surface area contributed by atoms with Crippen LogP contribution >= 0.6 is 0 Å². The van der Waals surface area contributed by atoms with Crippen molar-refractivity contribution in [3.63, 3.8) is 0 Å². The maximum Gasteiger partial charge on any atom is 0.358 e. The summed E-state index contributed by atoms with van der Waals surface area (Å²) >= 11 is 0. The zero-order valence-corrected chi connectivity index (χ0v) is 8.57. The first-order valence-electron chi connectivity index (χ1n) is 4.64. The number of carboxylic acid groups (broad SMARTS) is 1. The number of carbonyl (C=O) groups excluding carboxylic acids is 1. The summed E-state index contributed by atoms with van der Waals surface area (Å²) in [5, 5.41) is 15.8. The van der Waals surface area contributed by atoms with Crippen molar-refractivity contribution in [2.75, 3.05) is 0 Å². The summed E-state index contributed by atoms with van der Waals surface area (Å²) < 4.78 is 1.30. The normalized spacial score (nSPS) is 10.1. The molecule has 0 unspecified atom stereocenters. The molecule has 0 saturated heterocycles. The number of carbonyl (C=O) groups is 2. The first-order chi connectivity index (χ1) is 8.08. The van der Waals surface area contributed by atoms with Crippen molar-refractivity contribution in [2.24, 2.45) is 5.73 Å². The number of amides is 1. The number of rotatable bonds is 3. The number of primary amides is 1. The molecule has 0 radical (unpaired) electrons. The fraction of sp³-hybridized carbons (Fsp3) is 0. The van der Waals surface area contributed by atoms with Crippen molar-refractivity contribution in [3.05, 3.63) is 41.7 Å². The number of aromatic nitrogens is 3. The predicted octanol–water partition coefficient (Wildman–Crippen LogP) is 0.0644. The second-order valence-electron chi connectivity index (χ2n) is 3.26. The van der Waals surface area contributed by atoms with Crippen molar-refractivity contribution < 1.29 is 14.7 Å². The molecule has 0 saturated carbocycles. The van der Waals surface area contributed by atoms with E-state index in [1.165, 1.54) is 23.0 Å². The van der Waals surface area contributed by atoms with E-state index in [1.807, 2.05) is 0 Å². The van der Waals surface area contributed by atoms with Gasteiger partial charge < -0.3 is 10.8 Å². The Kier molecular flexibility index (Phi) is 2.57. The molecule has 1 amide bonds. The summed E-state index contributed by atoms with van der Waals surface area (Å²) in [7, 11) is 0. The quantitative estimate of drug-likeness (QED) is 0.777. The van der Waals surface area contributed by atoms with Gasteiger partial charge in [-0.1, -0.05) is 5.21 Å². The molecule has 0 aliphatic carbocycles. The van der Waals surface area contributed by atoms with Gasteiger partial charge in [0.25, 0.3) is 0 Å². The Bertz CT molecular complexity index is 573. The number of hydrogen-bond donors (Lipinski definition) is 2. The van der Waals surface area contributed by atoms with E-state index in [2.05, 4.69) is 10.3 Å². The van der Waals surface area contributed by atoms with E-state index in [0.717, 1.165) is 0 Å². The summed E-state index contributed by atoms with van der Waals surface area (Å²) in [5.74, 6) is -1.67. The molecule has 0 fully saturated rings. The molecule has 7 nitrogen and oxygen atoms in total. The van der Waals surface area contributed by atoms with E-state index >= 15 is 0 Å². The van der Waals surface area contributed by atoms with Crippen LogP contribution in [0, 0.1) is 0 Å². The van der Waals surface area contributed by atoms with Crippen molar-refractivity contribution in [3.8, 4) is 5.69 Å². The molecule has 0 bridgehead atoms. The Morgan fingerprint density at radius 1 is 1.24 bits per heavy atom. The van der Waals surface area contributed by atoms with Crippen molar-refractivity contribution in [2.45, 2.75) is 0 Å². The van der Waals surface area contributed by atoms with Gasteiger partial charge in [0.05, 0.1) is 11.9 Å². The fourth-order valence-electron chi connectivity index (χ4n) is 1.27. The van der Waals surface area contributed by atoms with Crippen LogP contribution in [0.15, 0.2) is 30.5 Å². The molecule has 2 rings (SSSR count). The Morgan fingerprint density at radius 2 is 1.88 bits per heavy atom. The highest BCUT2D eigenvalue weighted by Crippen LogP contribution is 2.08. The minimum Gasteiger partial charge on any atom is -0.476 e. The standard InChI is InChI=1S/C10H8N4O3/c11-9(15)6-1-3-7(4-2-6)14-5-8(10(16)17)12-13-14/h1-5H,(H2,11,15)(H,16,17). The number of benzene rings is 1. The second kappa shape index (κ2) is 4.05. The highest BCUT2D eigenvalue weighted by molar-refractivity contribution is 5.92. The number of hydrogen-bond acceptors (Lipinski definition) is 4. The molecule has 1 aromatic heterocycles. The van der Waals surface area contributed by atoms with Crippen LogP contribution in [0.4, 0.5) is 0 Å². The van der Waals surface area contributed by atoms with Crippen LogP contribution in [-0.2, 0) is 0 Å². The molecular weight excluding hydrogens is 224 g/mol. The Hall–Kier alpha value is -2.70. The molecule has 0 spiro atoms. The largest absolute Gasteiger partial charge is 0.476 e. The monoisotopic (exact) mass is 232 g/mol. The molecule has 86 valence electrons. The molecule has 7 heteroatoms. The van der Waals surface area contributed by atoms with Gasteiger partial charge in [-0.25, -0.2) is 9.48 Å². The van der Waals surface area contributed by atoms with E-state index in [9.17, 15) is 9.59 Å². The van der Waals surface area contributed by atoms with Crippen LogP contribution < -0.4 is 5.73 Å². The van der Waals surface area contributed by atoms with E-state index in [4.69, 9.17) is 10.8 Å². The third kappa shape index (κ3) is 2.12. The van der Waals surface area contributed by atoms with Crippen molar-refractivity contribution >= 4 is 11.9 Å². The summed E-state index contributed by atoms with van der Waals surface area (Å²) in [6.07, 6.45) is 1.28.